The van der Waals surface area contributed by atoms with Crippen LogP contribution in [0.3, 0.4) is 0 Å². The van der Waals surface area contributed by atoms with Gasteiger partial charge in [0.1, 0.15) is 11.6 Å². The number of nitriles is 1. The van der Waals surface area contributed by atoms with E-state index in [1.165, 1.54) is 4.57 Å². The third-order valence-electron chi connectivity index (χ3n) is 3.11. The number of carboxylic acid groups (broad SMARTS) is 1. The number of para-hydroxylation sites is 1. The summed E-state index contributed by atoms with van der Waals surface area (Å²) in [7, 11) is 0. The molecule has 0 spiro atoms. The number of rotatable bonds is 5. The maximum atomic E-state index is 12.5. The van der Waals surface area contributed by atoms with Gasteiger partial charge < -0.3 is 9.84 Å². The van der Waals surface area contributed by atoms with Gasteiger partial charge in [-0.2, -0.15) is 5.26 Å². The van der Waals surface area contributed by atoms with Gasteiger partial charge in [-0.25, -0.2) is 4.79 Å². The highest BCUT2D eigenvalue weighted by Gasteiger charge is 2.19. The van der Waals surface area contributed by atoms with Gasteiger partial charge in [0.2, 0.25) is 0 Å². The monoisotopic (exact) mass is 298 g/mol. The summed E-state index contributed by atoms with van der Waals surface area (Å²) in [6, 6.07) is 11.6. The fraction of sp³-hybridized carbons (Fsp3) is 0.188. The van der Waals surface area contributed by atoms with Crippen LogP contribution in [0.1, 0.15) is 28.5 Å². The molecule has 0 unspecified atom stereocenters. The summed E-state index contributed by atoms with van der Waals surface area (Å²) in [6.07, 6.45) is 0. The predicted molar refractivity (Wildman–Crippen MR) is 79.0 cm³/mol. The lowest BCUT2D eigenvalue weighted by molar-refractivity contribution is 0.0694. The Bertz CT molecular complexity index is 788. The van der Waals surface area contributed by atoms with Crippen molar-refractivity contribution in [2.75, 3.05) is 6.61 Å². The van der Waals surface area contributed by atoms with Gasteiger partial charge in [0.25, 0.3) is 5.56 Å². The molecule has 0 aliphatic rings. The molecule has 2 rings (SSSR count). The van der Waals surface area contributed by atoms with E-state index in [4.69, 9.17) is 9.84 Å². The number of pyridine rings is 1. The number of hydrogen-bond acceptors (Lipinski definition) is 4. The van der Waals surface area contributed by atoms with Crippen molar-refractivity contribution >= 4 is 5.97 Å². The standard InChI is InChI=1S/C16H14N2O4/c1-2-22-10-14-11(9-17)8-13(16(20)21)15(19)18(14)12-6-4-3-5-7-12/h3-8H,2,10H2,1H3,(H,20,21). The highest BCUT2D eigenvalue weighted by Crippen LogP contribution is 2.15. The minimum atomic E-state index is -1.37. The number of ether oxygens (including phenoxy) is 1. The molecule has 1 aromatic heterocycles. The molecular formula is C16H14N2O4. The molecule has 1 N–H and O–H groups in total. The molecule has 0 aliphatic carbocycles. The number of aromatic carboxylic acids is 1. The van der Waals surface area contributed by atoms with E-state index in [9.17, 15) is 14.9 Å². The van der Waals surface area contributed by atoms with Crippen molar-refractivity contribution in [3.8, 4) is 11.8 Å². The maximum Gasteiger partial charge on any atom is 0.341 e. The van der Waals surface area contributed by atoms with Gasteiger partial charge in [-0.15, -0.1) is 0 Å². The second-order valence-electron chi connectivity index (χ2n) is 4.45. The number of carboxylic acids is 1. The number of benzene rings is 1. The predicted octanol–water partition coefficient (Wildman–Crippen LogP) is 1.94. The van der Waals surface area contributed by atoms with Crippen LogP contribution in [0.2, 0.25) is 0 Å². The fourth-order valence-corrected chi connectivity index (χ4v) is 2.09. The van der Waals surface area contributed by atoms with E-state index in [0.29, 0.717) is 18.0 Å². The molecule has 112 valence electrons. The second-order valence-corrected chi connectivity index (χ2v) is 4.45. The van der Waals surface area contributed by atoms with Gasteiger partial charge in [-0.1, -0.05) is 18.2 Å². The summed E-state index contributed by atoms with van der Waals surface area (Å²) in [6.45, 7) is 2.25. The zero-order valence-electron chi connectivity index (χ0n) is 11.9. The molecule has 0 fully saturated rings. The summed E-state index contributed by atoms with van der Waals surface area (Å²) >= 11 is 0. The third kappa shape index (κ3) is 2.90. The molecule has 0 bridgehead atoms. The van der Waals surface area contributed by atoms with E-state index in [1.54, 1.807) is 37.3 Å². The van der Waals surface area contributed by atoms with Crippen molar-refractivity contribution in [3.63, 3.8) is 0 Å². The van der Waals surface area contributed by atoms with Crippen LogP contribution >= 0.6 is 0 Å². The second kappa shape index (κ2) is 6.70. The van der Waals surface area contributed by atoms with E-state index >= 15 is 0 Å². The number of nitrogens with zero attached hydrogens (tertiary/aromatic N) is 2. The van der Waals surface area contributed by atoms with Crippen molar-refractivity contribution in [1.82, 2.24) is 4.57 Å². The minimum absolute atomic E-state index is 0.0451. The molecule has 2 aromatic rings. The first kappa shape index (κ1) is 15.5. The van der Waals surface area contributed by atoms with Crippen molar-refractivity contribution in [2.24, 2.45) is 0 Å². The highest BCUT2D eigenvalue weighted by molar-refractivity contribution is 5.87. The molecule has 6 nitrogen and oxygen atoms in total. The van der Waals surface area contributed by atoms with E-state index in [0.717, 1.165) is 6.07 Å². The lowest BCUT2D eigenvalue weighted by Crippen LogP contribution is -2.29. The summed E-state index contributed by atoms with van der Waals surface area (Å²) in [5.41, 5.74) is -0.199. The van der Waals surface area contributed by atoms with E-state index in [1.807, 2.05) is 6.07 Å². The van der Waals surface area contributed by atoms with Gasteiger partial charge in [0.05, 0.1) is 17.9 Å². The van der Waals surface area contributed by atoms with E-state index in [-0.39, 0.29) is 12.2 Å². The summed E-state index contributed by atoms with van der Waals surface area (Å²) in [5, 5.41) is 18.4. The van der Waals surface area contributed by atoms with Gasteiger partial charge in [-0.05, 0) is 25.1 Å². The van der Waals surface area contributed by atoms with Crippen molar-refractivity contribution in [2.45, 2.75) is 13.5 Å². The van der Waals surface area contributed by atoms with E-state index in [2.05, 4.69) is 0 Å². The lowest BCUT2D eigenvalue weighted by atomic mass is 10.1. The Labute approximate surface area is 126 Å². The molecule has 0 radical (unpaired) electrons. The van der Waals surface area contributed by atoms with Crippen molar-refractivity contribution < 1.29 is 14.6 Å². The summed E-state index contributed by atoms with van der Waals surface area (Å²) < 4.78 is 6.54. The average Bonchev–Trinajstić information content (AvgIpc) is 2.53. The van der Waals surface area contributed by atoms with E-state index < -0.39 is 17.1 Å². The van der Waals surface area contributed by atoms with Crippen LogP contribution in [0.4, 0.5) is 0 Å². The molecule has 6 heteroatoms. The molecular weight excluding hydrogens is 284 g/mol. The number of aromatic nitrogens is 1. The smallest absolute Gasteiger partial charge is 0.341 e. The fourth-order valence-electron chi connectivity index (χ4n) is 2.09. The molecule has 0 saturated carbocycles. The normalized spacial score (nSPS) is 10.2. The quantitative estimate of drug-likeness (QED) is 0.910. The minimum Gasteiger partial charge on any atom is -0.477 e. The Morgan fingerprint density at radius 3 is 2.59 bits per heavy atom. The van der Waals surface area contributed by atoms with Crippen LogP contribution in [0, 0.1) is 11.3 Å². The Morgan fingerprint density at radius 2 is 2.05 bits per heavy atom. The SMILES string of the molecule is CCOCc1c(C#N)cc(C(=O)O)c(=O)n1-c1ccccc1. The molecule has 1 heterocycles. The van der Waals surface area contributed by atoms with Crippen LogP contribution in [-0.2, 0) is 11.3 Å². The molecule has 0 saturated heterocycles. The van der Waals surface area contributed by atoms with Gasteiger partial charge in [-0.3, -0.25) is 9.36 Å². The molecule has 22 heavy (non-hydrogen) atoms. The molecule has 0 atom stereocenters. The first-order valence-electron chi connectivity index (χ1n) is 6.65. The van der Waals surface area contributed by atoms with Gasteiger partial charge in [0, 0.05) is 12.3 Å². The number of hydrogen-bond donors (Lipinski definition) is 1. The van der Waals surface area contributed by atoms with Gasteiger partial charge in [0.15, 0.2) is 0 Å². The van der Waals surface area contributed by atoms with Crippen LogP contribution in [0.5, 0.6) is 0 Å². The first-order chi connectivity index (χ1) is 10.6. The summed E-state index contributed by atoms with van der Waals surface area (Å²) in [4.78, 5) is 23.7. The highest BCUT2D eigenvalue weighted by atomic mass is 16.5. The lowest BCUT2D eigenvalue weighted by Gasteiger charge is -2.15. The Hall–Kier alpha value is -2.91. The Kier molecular flexibility index (Phi) is 4.71. The topological polar surface area (TPSA) is 92.3 Å². The third-order valence-corrected chi connectivity index (χ3v) is 3.11. The molecule has 0 amide bonds. The van der Waals surface area contributed by atoms with Crippen LogP contribution < -0.4 is 5.56 Å². The van der Waals surface area contributed by atoms with Crippen LogP contribution in [-0.4, -0.2) is 22.2 Å². The zero-order chi connectivity index (χ0) is 16.1. The Morgan fingerprint density at radius 1 is 1.36 bits per heavy atom. The maximum absolute atomic E-state index is 12.5. The largest absolute Gasteiger partial charge is 0.477 e. The molecule has 1 aromatic carbocycles. The average molecular weight is 298 g/mol. The Balaban J connectivity index is 2.81. The van der Waals surface area contributed by atoms with Gasteiger partial charge >= 0.3 is 5.97 Å². The van der Waals surface area contributed by atoms with Crippen LogP contribution in [0.15, 0.2) is 41.2 Å². The van der Waals surface area contributed by atoms with Crippen molar-refractivity contribution in [1.29, 1.82) is 5.26 Å². The first-order valence-corrected chi connectivity index (χ1v) is 6.65. The number of carbonyl (C=O) groups is 1. The van der Waals surface area contributed by atoms with Crippen LogP contribution in [0.25, 0.3) is 5.69 Å². The van der Waals surface area contributed by atoms with Crippen molar-refractivity contribution in [3.05, 3.63) is 63.6 Å². The zero-order valence-corrected chi connectivity index (χ0v) is 11.9. The summed E-state index contributed by atoms with van der Waals surface area (Å²) in [5.74, 6) is -1.37. The molecule has 0 aliphatic heterocycles.